The first-order valence-corrected chi connectivity index (χ1v) is 5.54. The summed E-state index contributed by atoms with van der Waals surface area (Å²) in [5.41, 5.74) is 0. The zero-order chi connectivity index (χ0) is 9.61. The molecular weight excluding hydrogens is 198 g/mol. The van der Waals surface area contributed by atoms with E-state index in [9.17, 15) is 8.42 Å². The minimum Gasteiger partial charge on any atom is -0.366 e. The van der Waals surface area contributed by atoms with Crippen LogP contribution in [-0.2, 0) is 10.0 Å². The highest BCUT2D eigenvalue weighted by Gasteiger charge is 2.01. The van der Waals surface area contributed by atoms with Crippen LogP contribution in [0.25, 0.3) is 0 Å². The highest BCUT2D eigenvalue weighted by molar-refractivity contribution is 7.89. The van der Waals surface area contributed by atoms with E-state index in [-0.39, 0.29) is 5.75 Å². The molecule has 0 unspecified atom stereocenters. The average Bonchev–Trinajstić information content (AvgIpc) is 1.96. The number of thiocarbonyl (C=S) groups is 1. The van der Waals surface area contributed by atoms with Crippen molar-refractivity contribution in [2.24, 2.45) is 5.14 Å². The van der Waals surface area contributed by atoms with Crippen molar-refractivity contribution in [1.82, 2.24) is 10.6 Å². The summed E-state index contributed by atoms with van der Waals surface area (Å²) in [4.78, 5) is 0. The zero-order valence-electron chi connectivity index (χ0n) is 6.83. The molecule has 0 fully saturated rings. The van der Waals surface area contributed by atoms with Crippen LogP contribution in [0.1, 0.15) is 6.42 Å². The summed E-state index contributed by atoms with van der Waals surface area (Å²) in [6.07, 6.45) is 0.459. The van der Waals surface area contributed by atoms with E-state index in [4.69, 9.17) is 17.4 Å². The van der Waals surface area contributed by atoms with Gasteiger partial charge in [0.15, 0.2) is 5.11 Å². The van der Waals surface area contributed by atoms with Gasteiger partial charge in [-0.1, -0.05) is 0 Å². The average molecular weight is 211 g/mol. The highest BCUT2D eigenvalue weighted by atomic mass is 32.2. The molecule has 0 aromatic rings. The molecule has 0 aliphatic rings. The van der Waals surface area contributed by atoms with Gasteiger partial charge in [0.25, 0.3) is 0 Å². The van der Waals surface area contributed by atoms with Crippen LogP contribution in [0.3, 0.4) is 0 Å². The number of primary sulfonamides is 1. The molecule has 0 aromatic heterocycles. The van der Waals surface area contributed by atoms with Crippen LogP contribution in [0, 0.1) is 0 Å². The summed E-state index contributed by atoms with van der Waals surface area (Å²) in [7, 11) is -1.64. The largest absolute Gasteiger partial charge is 0.366 e. The van der Waals surface area contributed by atoms with Crippen molar-refractivity contribution in [3.05, 3.63) is 0 Å². The van der Waals surface area contributed by atoms with Gasteiger partial charge in [-0.25, -0.2) is 13.6 Å². The molecule has 12 heavy (non-hydrogen) atoms. The Morgan fingerprint density at radius 1 is 1.58 bits per heavy atom. The van der Waals surface area contributed by atoms with Gasteiger partial charge in [0, 0.05) is 13.6 Å². The van der Waals surface area contributed by atoms with Gasteiger partial charge in [0.1, 0.15) is 0 Å². The summed E-state index contributed by atoms with van der Waals surface area (Å²) in [5.74, 6) is -0.0215. The van der Waals surface area contributed by atoms with Crippen LogP contribution in [0.5, 0.6) is 0 Å². The van der Waals surface area contributed by atoms with Gasteiger partial charge in [-0.05, 0) is 18.6 Å². The smallest absolute Gasteiger partial charge is 0.209 e. The third kappa shape index (κ3) is 7.70. The van der Waals surface area contributed by atoms with E-state index >= 15 is 0 Å². The van der Waals surface area contributed by atoms with Crippen LogP contribution < -0.4 is 15.8 Å². The molecule has 0 bridgehead atoms. The molecule has 0 atom stereocenters. The number of rotatable bonds is 4. The predicted molar refractivity (Wildman–Crippen MR) is 52.3 cm³/mol. The molecular formula is C5H13N3O2S2. The van der Waals surface area contributed by atoms with E-state index in [2.05, 4.69) is 10.6 Å². The van der Waals surface area contributed by atoms with Crippen LogP contribution in [0.4, 0.5) is 0 Å². The normalized spacial score (nSPS) is 10.8. The van der Waals surface area contributed by atoms with E-state index in [1.165, 1.54) is 0 Å². The van der Waals surface area contributed by atoms with Crippen LogP contribution in [-0.4, -0.2) is 32.9 Å². The highest BCUT2D eigenvalue weighted by Crippen LogP contribution is 1.82. The summed E-state index contributed by atoms with van der Waals surface area (Å²) >= 11 is 4.76. The number of sulfonamides is 1. The lowest BCUT2D eigenvalue weighted by Crippen LogP contribution is -2.34. The second-order valence-electron chi connectivity index (χ2n) is 2.23. The zero-order valence-corrected chi connectivity index (χ0v) is 8.46. The lowest BCUT2D eigenvalue weighted by atomic mass is 10.5. The first kappa shape index (κ1) is 11.6. The van der Waals surface area contributed by atoms with Crippen LogP contribution >= 0.6 is 12.2 Å². The third-order valence-electron chi connectivity index (χ3n) is 1.12. The fourth-order valence-corrected chi connectivity index (χ4v) is 1.21. The van der Waals surface area contributed by atoms with Crippen molar-refractivity contribution < 1.29 is 8.42 Å². The summed E-state index contributed by atoms with van der Waals surface area (Å²) in [6, 6.07) is 0. The lowest BCUT2D eigenvalue weighted by molar-refractivity contribution is 0.594. The van der Waals surface area contributed by atoms with Gasteiger partial charge in [0.2, 0.25) is 10.0 Å². The first-order valence-electron chi connectivity index (χ1n) is 3.42. The van der Waals surface area contributed by atoms with Gasteiger partial charge >= 0.3 is 0 Å². The second kappa shape index (κ2) is 5.28. The van der Waals surface area contributed by atoms with Gasteiger partial charge in [-0.15, -0.1) is 0 Å². The Morgan fingerprint density at radius 3 is 2.58 bits per heavy atom. The molecule has 0 radical (unpaired) electrons. The van der Waals surface area contributed by atoms with E-state index in [1.807, 2.05) is 0 Å². The minimum absolute atomic E-state index is 0.0215. The minimum atomic E-state index is -3.33. The fraction of sp³-hybridized carbons (Fsp3) is 0.800. The second-order valence-corrected chi connectivity index (χ2v) is 4.37. The van der Waals surface area contributed by atoms with Crippen molar-refractivity contribution in [3.63, 3.8) is 0 Å². The van der Waals surface area contributed by atoms with E-state index in [0.717, 1.165) is 0 Å². The maximum absolute atomic E-state index is 10.4. The van der Waals surface area contributed by atoms with Gasteiger partial charge < -0.3 is 10.6 Å². The number of nitrogens with two attached hydrogens (primary N) is 1. The maximum atomic E-state index is 10.4. The molecule has 4 N–H and O–H groups in total. The SMILES string of the molecule is CNC(=S)NCCCS(N)(=O)=O. The van der Waals surface area contributed by atoms with Gasteiger partial charge in [-0.2, -0.15) is 0 Å². The van der Waals surface area contributed by atoms with E-state index in [1.54, 1.807) is 7.05 Å². The number of hydrogen-bond donors (Lipinski definition) is 3. The molecule has 0 saturated heterocycles. The molecule has 0 spiro atoms. The molecule has 7 heteroatoms. The predicted octanol–water partition coefficient (Wildman–Crippen LogP) is -1.24. The quantitative estimate of drug-likeness (QED) is 0.400. The lowest BCUT2D eigenvalue weighted by Gasteiger charge is -2.05. The fourth-order valence-electron chi connectivity index (χ4n) is 0.564. The van der Waals surface area contributed by atoms with Crippen molar-refractivity contribution in [3.8, 4) is 0 Å². The number of hydrogen-bond acceptors (Lipinski definition) is 3. The van der Waals surface area contributed by atoms with Gasteiger partial charge in [0.05, 0.1) is 5.75 Å². The van der Waals surface area contributed by atoms with E-state index in [0.29, 0.717) is 18.1 Å². The summed E-state index contributed by atoms with van der Waals surface area (Å²) in [5, 5.41) is 10.8. The molecule has 0 amide bonds. The van der Waals surface area contributed by atoms with Crippen molar-refractivity contribution in [2.45, 2.75) is 6.42 Å². The Hall–Kier alpha value is -0.400. The first-order chi connectivity index (χ1) is 5.45. The Labute approximate surface area is 77.8 Å². The van der Waals surface area contributed by atoms with Crippen molar-refractivity contribution in [1.29, 1.82) is 0 Å². The monoisotopic (exact) mass is 211 g/mol. The molecule has 72 valence electrons. The molecule has 0 aliphatic carbocycles. The molecule has 0 aliphatic heterocycles. The van der Waals surface area contributed by atoms with Gasteiger partial charge in [-0.3, -0.25) is 0 Å². The molecule has 5 nitrogen and oxygen atoms in total. The Bertz CT molecular complexity index is 237. The molecule has 0 rings (SSSR count). The standard InChI is InChI=1S/C5H13N3O2S2/c1-7-5(11)8-3-2-4-12(6,9)10/h2-4H2,1H3,(H2,6,9,10)(H2,7,8,11). The summed E-state index contributed by atoms with van der Waals surface area (Å²) < 4.78 is 20.9. The Balaban J connectivity index is 3.40. The van der Waals surface area contributed by atoms with Crippen molar-refractivity contribution >= 4 is 27.4 Å². The van der Waals surface area contributed by atoms with Crippen LogP contribution in [0.15, 0.2) is 0 Å². The molecule has 0 saturated carbocycles. The molecule has 0 aromatic carbocycles. The third-order valence-corrected chi connectivity index (χ3v) is 2.32. The summed E-state index contributed by atoms with van der Waals surface area (Å²) in [6.45, 7) is 0.510. The topological polar surface area (TPSA) is 84.2 Å². The van der Waals surface area contributed by atoms with E-state index < -0.39 is 10.0 Å². The Morgan fingerprint density at radius 2 is 2.17 bits per heavy atom. The maximum Gasteiger partial charge on any atom is 0.209 e. The molecule has 0 heterocycles. The van der Waals surface area contributed by atoms with Crippen LogP contribution in [0.2, 0.25) is 0 Å². The Kier molecular flexibility index (Phi) is 5.11. The van der Waals surface area contributed by atoms with Crippen molar-refractivity contribution in [2.75, 3.05) is 19.3 Å². The number of nitrogens with one attached hydrogen (secondary N) is 2.